The van der Waals surface area contributed by atoms with Gasteiger partial charge in [-0.1, -0.05) is 57.9 Å². The fourth-order valence-electron chi connectivity index (χ4n) is 3.31. The van der Waals surface area contributed by atoms with E-state index in [1.54, 1.807) is 0 Å². The average Bonchev–Trinajstić information content (AvgIpc) is 2.39. The quantitative estimate of drug-likeness (QED) is 0.861. The van der Waals surface area contributed by atoms with E-state index < -0.39 is 0 Å². The number of hydrogen-bond acceptors (Lipinski definition) is 1. The fraction of sp³-hybridized carbons (Fsp3) is 0.667. The van der Waals surface area contributed by atoms with Gasteiger partial charge < -0.3 is 5.73 Å². The zero-order valence-electron chi connectivity index (χ0n) is 12.8. The SMILES string of the molecule is CC(C)(C)c1ccc(CC2CCCCC2CN)cc1. The molecule has 106 valence electrons. The molecule has 0 aromatic heterocycles. The molecule has 1 aromatic carbocycles. The Hall–Kier alpha value is -0.820. The van der Waals surface area contributed by atoms with Gasteiger partial charge in [0, 0.05) is 0 Å². The van der Waals surface area contributed by atoms with Crippen LogP contribution in [-0.2, 0) is 11.8 Å². The number of rotatable bonds is 3. The zero-order chi connectivity index (χ0) is 13.9. The molecule has 1 aromatic rings. The molecule has 0 spiro atoms. The van der Waals surface area contributed by atoms with Crippen molar-refractivity contribution in [3.8, 4) is 0 Å². The molecule has 0 radical (unpaired) electrons. The molecule has 0 saturated heterocycles. The van der Waals surface area contributed by atoms with Crippen molar-refractivity contribution in [2.75, 3.05) is 6.54 Å². The summed E-state index contributed by atoms with van der Waals surface area (Å²) >= 11 is 0. The standard InChI is InChI=1S/C18H29N/c1-18(2,3)17-10-8-14(9-11-17)12-15-6-4-5-7-16(15)13-19/h8-11,15-16H,4-7,12-13,19H2,1-3H3. The summed E-state index contributed by atoms with van der Waals surface area (Å²) in [6.45, 7) is 7.68. The van der Waals surface area contributed by atoms with Gasteiger partial charge in [0.15, 0.2) is 0 Å². The molecule has 1 heteroatoms. The molecule has 2 atom stereocenters. The van der Waals surface area contributed by atoms with Crippen LogP contribution in [0.2, 0.25) is 0 Å². The van der Waals surface area contributed by atoms with E-state index in [2.05, 4.69) is 45.0 Å². The molecule has 1 nitrogen and oxygen atoms in total. The predicted octanol–water partition coefficient (Wildman–Crippen LogP) is 4.29. The highest BCUT2D eigenvalue weighted by atomic mass is 14.6. The van der Waals surface area contributed by atoms with Crippen molar-refractivity contribution in [3.05, 3.63) is 35.4 Å². The van der Waals surface area contributed by atoms with Crippen molar-refractivity contribution in [3.63, 3.8) is 0 Å². The molecule has 1 aliphatic carbocycles. The molecular formula is C18H29N. The van der Waals surface area contributed by atoms with Crippen molar-refractivity contribution in [2.45, 2.75) is 58.3 Å². The van der Waals surface area contributed by atoms with Crippen molar-refractivity contribution in [1.82, 2.24) is 0 Å². The van der Waals surface area contributed by atoms with E-state index in [1.165, 1.54) is 43.2 Å². The Bertz CT molecular complexity index is 385. The van der Waals surface area contributed by atoms with Crippen LogP contribution in [0.1, 0.15) is 57.6 Å². The fourth-order valence-corrected chi connectivity index (χ4v) is 3.31. The molecule has 2 unspecified atom stereocenters. The lowest BCUT2D eigenvalue weighted by Crippen LogP contribution is -2.28. The van der Waals surface area contributed by atoms with Crippen molar-refractivity contribution in [1.29, 1.82) is 0 Å². The Labute approximate surface area is 118 Å². The average molecular weight is 259 g/mol. The number of hydrogen-bond donors (Lipinski definition) is 1. The largest absolute Gasteiger partial charge is 0.330 e. The van der Waals surface area contributed by atoms with Crippen molar-refractivity contribution < 1.29 is 0 Å². The molecule has 19 heavy (non-hydrogen) atoms. The van der Waals surface area contributed by atoms with Crippen LogP contribution in [0.5, 0.6) is 0 Å². The number of nitrogens with two attached hydrogens (primary N) is 1. The van der Waals surface area contributed by atoms with Gasteiger partial charge in [-0.05, 0) is 54.2 Å². The summed E-state index contributed by atoms with van der Waals surface area (Å²) in [6, 6.07) is 9.25. The molecule has 1 saturated carbocycles. The van der Waals surface area contributed by atoms with Crippen LogP contribution >= 0.6 is 0 Å². The first-order valence-electron chi connectivity index (χ1n) is 7.80. The van der Waals surface area contributed by atoms with Gasteiger partial charge in [-0.25, -0.2) is 0 Å². The maximum atomic E-state index is 5.93. The van der Waals surface area contributed by atoms with E-state index in [4.69, 9.17) is 5.73 Å². The summed E-state index contributed by atoms with van der Waals surface area (Å²) < 4.78 is 0. The van der Waals surface area contributed by atoms with Gasteiger partial charge in [-0.15, -0.1) is 0 Å². The first kappa shape index (κ1) is 14.6. The van der Waals surface area contributed by atoms with Crippen LogP contribution in [0.4, 0.5) is 0 Å². The van der Waals surface area contributed by atoms with Crippen LogP contribution in [0.3, 0.4) is 0 Å². The van der Waals surface area contributed by atoms with Crippen LogP contribution in [0.15, 0.2) is 24.3 Å². The van der Waals surface area contributed by atoms with Gasteiger partial charge in [-0.2, -0.15) is 0 Å². The summed E-state index contributed by atoms with van der Waals surface area (Å²) in [5.74, 6) is 1.55. The zero-order valence-corrected chi connectivity index (χ0v) is 12.8. The first-order chi connectivity index (χ1) is 9.00. The lowest BCUT2D eigenvalue weighted by molar-refractivity contribution is 0.242. The Morgan fingerprint density at radius 3 is 2.11 bits per heavy atom. The molecule has 1 aliphatic rings. The van der Waals surface area contributed by atoms with E-state index in [0.29, 0.717) is 0 Å². The lowest BCUT2D eigenvalue weighted by Gasteiger charge is -2.31. The maximum absolute atomic E-state index is 5.93. The Kier molecular flexibility index (Phi) is 4.67. The Morgan fingerprint density at radius 1 is 1.00 bits per heavy atom. The summed E-state index contributed by atoms with van der Waals surface area (Å²) in [4.78, 5) is 0. The second-order valence-electron chi connectivity index (χ2n) is 7.19. The maximum Gasteiger partial charge on any atom is -0.00461 e. The van der Waals surface area contributed by atoms with Crippen LogP contribution < -0.4 is 5.73 Å². The molecule has 0 amide bonds. The van der Waals surface area contributed by atoms with Crippen LogP contribution in [0, 0.1) is 11.8 Å². The van der Waals surface area contributed by atoms with Crippen LogP contribution in [-0.4, -0.2) is 6.54 Å². The summed E-state index contributed by atoms with van der Waals surface area (Å²) in [6.07, 6.45) is 6.68. The van der Waals surface area contributed by atoms with Crippen molar-refractivity contribution >= 4 is 0 Å². The minimum Gasteiger partial charge on any atom is -0.330 e. The predicted molar refractivity (Wildman–Crippen MR) is 83.3 cm³/mol. The smallest absolute Gasteiger partial charge is 0.00461 e. The highest BCUT2D eigenvalue weighted by Crippen LogP contribution is 2.32. The van der Waals surface area contributed by atoms with Gasteiger partial charge in [0.25, 0.3) is 0 Å². The molecule has 0 aliphatic heterocycles. The van der Waals surface area contributed by atoms with Gasteiger partial charge in [-0.3, -0.25) is 0 Å². The van der Waals surface area contributed by atoms with E-state index in [-0.39, 0.29) is 5.41 Å². The van der Waals surface area contributed by atoms with Gasteiger partial charge in [0.05, 0.1) is 0 Å². The Morgan fingerprint density at radius 2 is 1.58 bits per heavy atom. The first-order valence-corrected chi connectivity index (χ1v) is 7.80. The van der Waals surface area contributed by atoms with Gasteiger partial charge >= 0.3 is 0 Å². The summed E-state index contributed by atoms with van der Waals surface area (Å²) in [5.41, 5.74) is 9.09. The second-order valence-corrected chi connectivity index (χ2v) is 7.19. The third-order valence-electron chi connectivity index (χ3n) is 4.69. The normalized spacial score (nSPS) is 24.4. The topological polar surface area (TPSA) is 26.0 Å². The monoisotopic (exact) mass is 259 g/mol. The third kappa shape index (κ3) is 3.82. The van der Waals surface area contributed by atoms with E-state index in [1.807, 2.05) is 0 Å². The van der Waals surface area contributed by atoms with E-state index in [9.17, 15) is 0 Å². The van der Waals surface area contributed by atoms with E-state index in [0.717, 1.165) is 18.4 Å². The lowest BCUT2D eigenvalue weighted by atomic mass is 9.76. The Balaban J connectivity index is 2.02. The highest BCUT2D eigenvalue weighted by molar-refractivity contribution is 5.27. The molecule has 1 fully saturated rings. The van der Waals surface area contributed by atoms with Crippen LogP contribution in [0.25, 0.3) is 0 Å². The highest BCUT2D eigenvalue weighted by Gasteiger charge is 2.24. The third-order valence-corrected chi connectivity index (χ3v) is 4.69. The molecule has 0 bridgehead atoms. The van der Waals surface area contributed by atoms with Gasteiger partial charge in [0.1, 0.15) is 0 Å². The molecule has 2 rings (SSSR count). The molecular weight excluding hydrogens is 230 g/mol. The molecule has 0 heterocycles. The van der Waals surface area contributed by atoms with Crippen molar-refractivity contribution in [2.24, 2.45) is 17.6 Å². The molecule has 2 N–H and O–H groups in total. The van der Waals surface area contributed by atoms with Gasteiger partial charge in [0.2, 0.25) is 0 Å². The number of benzene rings is 1. The van der Waals surface area contributed by atoms with E-state index >= 15 is 0 Å². The second kappa shape index (κ2) is 6.09. The summed E-state index contributed by atoms with van der Waals surface area (Å²) in [7, 11) is 0. The minimum absolute atomic E-state index is 0.253. The minimum atomic E-state index is 0.253. The summed E-state index contributed by atoms with van der Waals surface area (Å²) in [5, 5.41) is 0.